The minimum absolute atomic E-state index is 0.00978. The zero-order valence-corrected chi connectivity index (χ0v) is 19.4. The molecule has 2 heterocycles. The Morgan fingerprint density at radius 1 is 1.05 bits per heavy atom. The third kappa shape index (κ3) is 4.30. The molecule has 1 unspecified atom stereocenters. The number of nitrogens with one attached hydrogen (secondary N) is 3. The molecule has 1 aromatic heterocycles. The van der Waals surface area contributed by atoms with E-state index < -0.39 is 52.7 Å². The Morgan fingerprint density at radius 3 is 2.47 bits per heavy atom. The number of nitrogens with two attached hydrogens (primary N) is 1. The quantitative estimate of drug-likeness (QED) is 0.275. The Bertz CT molecular complexity index is 1680. The number of primary amides is 1. The summed E-state index contributed by atoms with van der Waals surface area (Å²) in [6.45, 7) is 0. The number of rotatable bonds is 4. The molecule has 0 radical (unpaired) electrons. The first kappa shape index (κ1) is 25.1. The molecule has 38 heavy (non-hydrogen) atoms. The van der Waals surface area contributed by atoms with Gasteiger partial charge in [-0.25, -0.2) is 13.8 Å². The van der Waals surface area contributed by atoms with Crippen LogP contribution in [0.15, 0.2) is 42.5 Å². The van der Waals surface area contributed by atoms with E-state index >= 15 is 0 Å². The van der Waals surface area contributed by atoms with Crippen molar-refractivity contribution in [3.8, 4) is 0 Å². The molecule has 1 aliphatic rings. The fraction of sp³-hybridized carbons (Fsp3) is 0.0833. The Hall–Kier alpha value is -4.52. The normalized spacial score (nSPS) is 14.9. The second-order valence-electron chi connectivity index (χ2n) is 8.31. The molecule has 5 rings (SSSR count). The molecule has 0 saturated heterocycles. The molecule has 1 atom stereocenters. The van der Waals surface area contributed by atoms with Crippen molar-refractivity contribution in [2.24, 2.45) is 5.73 Å². The lowest BCUT2D eigenvalue weighted by Gasteiger charge is -2.18. The van der Waals surface area contributed by atoms with E-state index in [4.69, 9.17) is 17.3 Å². The minimum Gasteiger partial charge on any atom is -0.363 e. The first-order chi connectivity index (χ1) is 17.8. The maximum Gasteiger partial charge on any atom is 0.416 e. The van der Waals surface area contributed by atoms with E-state index in [0.29, 0.717) is 12.1 Å². The maximum atomic E-state index is 14.1. The molecule has 0 bridgehead atoms. The Morgan fingerprint density at radius 2 is 1.79 bits per heavy atom. The first-order valence-corrected chi connectivity index (χ1v) is 11.0. The highest BCUT2D eigenvalue weighted by molar-refractivity contribution is 6.31. The van der Waals surface area contributed by atoms with Crippen molar-refractivity contribution in [3.05, 3.63) is 92.8 Å². The van der Waals surface area contributed by atoms with Crippen LogP contribution < -0.4 is 16.4 Å². The summed E-state index contributed by atoms with van der Waals surface area (Å²) in [5, 5.41) is 5.05. The van der Waals surface area contributed by atoms with Crippen molar-refractivity contribution in [1.29, 1.82) is 0 Å². The van der Waals surface area contributed by atoms with Crippen LogP contribution >= 0.6 is 11.6 Å². The molecule has 0 spiro atoms. The number of anilines is 1. The fourth-order valence-electron chi connectivity index (χ4n) is 4.24. The van der Waals surface area contributed by atoms with Gasteiger partial charge in [-0.1, -0.05) is 11.6 Å². The molecular weight excluding hydrogens is 537 g/mol. The van der Waals surface area contributed by atoms with Gasteiger partial charge in [0, 0.05) is 27.4 Å². The Balaban J connectivity index is 1.70. The van der Waals surface area contributed by atoms with Crippen LogP contribution in [0.1, 0.15) is 54.1 Å². The van der Waals surface area contributed by atoms with Gasteiger partial charge in [0.1, 0.15) is 17.2 Å². The van der Waals surface area contributed by atoms with Crippen molar-refractivity contribution < 1.29 is 36.3 Å². The number of carbonyl (C=O) groups is 3. The summed E-state index contributed by atoms with van der Waals surface area (Å²) >= 11 is 6.25. The number of amides is 3. The Kier molecular flexibility index (Phi) is 5.82. The summed E-state index contributed by atoms with van der Waals surface area (Å²) in [5.41, 5.74) is 3.19. The van der Waals surface area contributed by atoms with Gasteiger partial charge in [0.15, 0.2) is 5.82 Å². The number of H-pyrrole nitrogens is 1. The van der Waals surface area contributed by atoms with Gasteiger partial charge in [-0.3, -0.25) is 14.4 Å². The van der Waals surface area contributed by atoms with Crippen LogP contribution in [0.5, 0.6) is 0 Å². The second kappa shape index (κ2) is 8.80. The first-order valence-electron chi connectivity index (χ1n) is 10.6. The van der Waals surface area contributed by atoms with Crippen LogP contribution in [0.3, 0.4) is 0 Å². The van der Waals surface area contributed by atoms with Gasteiger partial charge in [0.25, 0.3) is 17.7 Å². The predicted molar refractivity (Wildman–Crippen MR) is 125 cm³/mol. The van der Waals surface area contributed by atoms with Crippen LogP contribution in [0, 0.1) is 11.6 Å². The lowest BCUT2D eigenvalue weighted by Crippen LogP contribution is -2.21. The molecule has 3 amide bonds. The van der Waals surface area contributed by atoms with Crippen molar-refractivity contribution >= 4 is 46.0 Å². The van der Waals surface area contributed by atoms with Gasteiger partial charge in [-0.15, -0.1) is 0 Å². The minimum atomic E-state index is -4.92. The largest absolute Gasteiger partial charge is 0.416 e. The van der Waals surface area contributed by atoms with Gasteiger partial charge in [-0.05, 0) is 42.5 Å². The highest BCUT2D eigenvalue weighted by atomic mass is 35.5. The molecule has 8 nitrogen and oxygen atoms in total. The number of alkyl halides is 3. The molecule has 0 saturated carbocycles. The zero-order valence-electron chi connectivity index (χ0n) is 18.6. The van der Waals surface area contributed by atoms with E-state index in [2.05, 4.69) is 20.6 Å². The van der Waals surface area contributed by atoms with Crippen molar-refractivity contribution in [3.63, 3.8) is 0 Å². The lowest BCUT2D eigenvalue weighted by molar-refractivity contribution is -0.137. The topological polar surface area (TPSA) is 130 Å². The molecule has 14 heteroatoms. The smallest absolute Gasteiger partial charge is 0.363 e. The van der Waals surface area contributed by atoms with Gasteiger partial charge in [0.05, 0.1) is 22.7 Å². The summed E-state index contributed by atoms with van der Waals surface area (Å²) in [6.07, 6.45) is -4.92. The Labute approximate surface area is 214 Å². The number of halogens is 6. The van der Waals surface area contributed by atoms with Crippen LogP contribution in [0.4, 0.5) is 27.6 Å². The number of imidazole rings is 1. The van der Waals surface area contributed by atoms with E-state index in [1.54, 1.807) is 0 Å². The number of fused-ring (bicyclic) bond motifs is 3. The van der Waals surface area contributed by atoms with E-state index in [-0.39, 0.29) is 50.3 Å². The third-order valence-corrected chi connectivity index (χ3v) is 6.19. The van der Waals surface area contributed by atoms with Crippen LogP contribution in [-0.2, 0) is 6.18 Å². The summed E-state index contributed by atoms with van der Waals surface area (Å²) in [5.74, 6) is -5.12. The van der Waals surface area contributed by atoms with Gasteiger partial charge >= 0.3 is 6.18 Å². The summed E-state index contributed by atoms with van der Waals surface area (Å²) in [4.78, 5) is 44.4. The summed E-state index contributed by atoms with van der Waals surface area (Å²) < 4.78 is 67.6. The highest BCUT2D eigenvalue weighted by Crippen LogP contribution is 2.42. The standard InChI is InChI=1S/C24H13ClF5N5O3/c25-13-2-1-10(26)6-12(13)18-16-14(33-22(37)8-3-9(24(28,29)30)5-11(27)4-8)7-15-19(17(16)23(38)35-18)34-21(32-15)20(31)36/h1-7,18H,(H2,31,36)(H,32,34)(H,33,37)(H,35,38). The molecule has 3 aromatic carbocycles. The number of hydrogen-bond acceptors (Lipinski definition) is 4. The number of aromatic amines is 1. The SMILES string of the molecule is NC(=O)c1nc2c3c(c(NC(=O)c4cc(F)cc(C(F)(F)F)c4)cc2[nH]1)C(c1cc(F)ccc1Cl)NC3=O. The van der Waals surface area contributed by atoms with E-state index in [1.165, 1.54) is 12.1 Å². The zero-order chi connectivity index (χ0) is 27.5. The second-order valence-corrected chi connectivity index (χ2v) is 8.72. The molecule has 1 aliphatic heterocycles. The lowest BCUT2D eigenvalue weighted by atomic mass is 9.95. The van der Waals surface area contributed by atoms with Gasteiger partial charge < -0.3 is 21.4 Å². The number of carbonyl (C=O) groups excluding carboxylic acids is 3. The van der Waals surface area contributed by atoms with E-state index in [1.807, 2.05) is 0 Å². The maximum absolute atomic E-state index is 14.1. The number of aromatic nitrogens is 2. The average molecular weight is 550 g/mol. The summed E-state index contributed by atoms with van der Waals surface area (Å²) in [7, 11) is 0. The monoisotopic (exact) mass is 549 g/mol. The van der Waals surface area contributed by atoms with Crippen molar-refractivity contribution in [1.82, 2.24) is 15.3 Å². The number of nitrogens with zero attached hydrogens (tertiary/aromatic N) is 1. The summed E-state index contributed by atoms with van der Waals surface area (Å²) in [6, 6.07) is 4.82. The molecule has 194 valence electrons. The van der Waals surface area contributed by atoms with Gasteiger partial charge in [-0.2, -0.15) is 13.2 Å². The van der Waals surface area contributed by atoms with Gasteiger partial charge in [0.2, 0.25) is 0 Å². The average Bonchev–Trinajstić information content (AvgIpc) is 3.41. The van der Waals surface area contributed by atoms with Crippen LogP contribution in [0.25, 0.3) is 11.0 Å². The molecule has 0 aliphatic carbocycles. The third-order valence-electron chi connectivity index (χ3n) is 5.85. The molecule has 0 fully saturated rings. The van der Waals surface area contributed by atoms with Crippen molar-refractivity contribution in [2.75, 3.05) is 5.32 Å². The number of benzene rings is 3. The molecule has 5 N–H and O–H groups in total. The molecular formula is C24H13ClF5N5O3. The van der Waals surface area contributed by atoms with Crippen molar-refractivity contribution in [2.45, 2.75) is 12.2 Å². The number of hydrogen-bond donors (Lipinski definition) is 4. The van der Waals surface area contributed by atoms with Crippen LogP contribution in [-0.4, -0.2) is 27.7 Å². The predicted octanol–water partition coefficient (Wildman–Crippen LogP) is 4.70. The molecule has 4 aromatic rings. The highest BCUT2D eigenvalue weighted by Gasteiger charge is 2.38. The fourth-order valence-corrected chi connectivity index (χ4v) is 4.47. The van der Waals surface area contributed by atoms with E-state index in [0.717, 1.165) is 12.1 Å². The van der Waals surface area contributed by atoms with E-state index in [9.17, 15) is 36.3 Å². The van der Waals surface area contributed by atoms with Crippen LogP contribution in [0.2, 0.25) is 5.02 Å².